The fraction of sp³-hybridized carbons (Fsp3) is 0.100. The maximum Gasteiger partial charge on any atom is 0.263 e. The van der Waals surface area contributed by atoms with Crippen LogP contribution < -0.4 is 10.5 Å². The molecule has 0 radical (unpaired) electrons. The van der Waals surface area contributed by atoms with Gasteiger partial charge in [-0.05, 0) is 25.1 Å². The Kier molecular flexibility index (Phi) is 3.14. The van der Waals surface area contributed by atoms with Gasteiger partial charge in [0.2, 0.25) is 0 Å². The van der Waals surface area contributed by atoms with Crippen LogP contribution in [0.3, 0.4) is 0 Å². The second-order valence-corrected chi connectivity index (χ2v) is 6.16. The van der Waals surface area contributed by atoms with Crippen molar-refractivity contribution >= 4 is 32.2 Å². The van der Waals surface area contributed by atoms with Gasteiger partial charge in [-0.2, -0.15) is 0 Å². The normalized spacial score (nSPS) is 11.4. The molecule has 8 heteroatoms. The molecule has 0 amide bonds. The molecule has 0 aliphatic heterocycles. The van der Waals surface area contributed by atoms with Crippen molar-refractivity contribution in [2.24, 2.45) is 0 Å². The first-order valence-corrected chi connectivity index (χ1v) is 7.28. The number of aromatic nitrogens is 1. The number of benzene rings is 1. The van der Waals surface area contributed by atoms with Crippen LogP contribution in [0.4, 0.5) is 10.8 Å². The number of phenolic OH excluding ortho intramolecular Hbond substituents is 1. The average molecular weight is 285 g/mol. The number of nitrogens with one attached hydrogen (secondary N) is 1. The van der Waals surface area contributed by atoms with Gasteiger partial charge in [0, 0.05) is 5.38 Å². The molecule has 1 aromatic heterocycles. The molecule has 0 spiro atoms. The lowest BCUT2D eigenvalue weighted by molar-refractivity contribution is 0.477. The third kappa shape index (κ3) is 2.54. The van der Waals surface area contributed by atoms with E-state index in [9.17, 15) is 13.5 Å². The molecule has 0 saturated heterocycles. The van der Waals surface area contributed by atoms with Gasteiger partial charge in [0.1, 0.15) is 5.75 Å². The van der Waals surface area contributed by atoms with Crippen molar-refractivity contribution < 1.29 is 13.5 Å². The summed E-state index contributed by atoms with van der Waals surface area (Å²) < 4.78 is 26.3. The number of nitrogens with two attached hydrogens (primary N) is 1. The first kappa shape index (κ1) is 12.7. The highest BCUT2D eigenvalue weighted by atomic mass is 32.2. The van der Waals surface area contributed by atoms with Gasteiger partial charge < -0.3 is 10.8 Å². The van der Waals surface area contributed by atoms with E-state index in [4.69, 9.17) is 5.73 Å². The number of anilines is 2. The molecule has 2 aromatic rings. The van der Waals surface area contributed by atoms with Gasteiger partial charge in [0.15, 0.2) is 5.13 Å². The van der Waals surface area contributed by atoms with Crippen molar-refractivity contribution in [1.82, 2.24) is 4.98 Å². The third-order valence-corrected chi connectivity index (χ3v) is 4.49. The minimum absolute atomic E-state index is 0.00759. The minimum Gasteiger partial charge on any atom is -0.506 e. The summed E-state index contributed by atoms with van der Waals surface area (Å²) in [5, 5.41) is 11.3. The van der Waals surface area contributed by atoms with Gasteiger partial charge in [0.25, 0.3) is 10.0 Å². The number of phenols is 1. The number of nitrogen functional groups attached to an aromatic ring is 1. The zero-order chi connectivity index (χ0) is 13.3. The molecule has 1 aromatic carbocycles. The quantitative estimate of drug-likeness (QED) is 0.586. The highest BCUT2D eigenvalue weighted by Gasteiger charge is 2.16. The van der Waals surface area contributed by atoms with E-state index in [0.29, 0.717) is 5.13 Å². The number of aromatic hydroxyl groups is 1. The number of hydrogen-bond donors (Lipinski definition) is 3. The lowest BCUT2D eigenvalue weighted by Crippen LogP contribution is -2.13. The van der Waals surface area contributed by atoms with Crippen LogP contribution >= 0.6 is 11.3 Å². The molecule has 0 atom stereocenters. The van der Waals surface area contributed by atoms with Crippen LogP contribution in [0.5, 0.6) is 5.75 Å². The molecular formula is C10H11N3O3S2. The molecule has 0 aliphatic rings. The number of sulfonamides is 1. The van der Waals surface area contributed by atoms with E-state index < -0.39 is 10.0 Å². The highest BCUT2D eigenvalue weighted by Crippen LogP contribution is 2.25. The van der Waals surface area contributed by atoms with E-state index >= 15 is 0 Å². The first-order chi connectivity index (χ1) is 8.38. The SMILES string of the molecule is Cc1csc(NS(=O)(=O)c2ccc(O)c(N)c2)n1. The lowest BCUT2D eigenvalue weighted by Gasteiger charge is -2.06. The van der Waals surface area contributed by atoms with Crippen molar-refractivity contribution in [3.05, 3.63) is 29.3 Å². The van der Waals surface area contributed by atoms with Crippen LogP contribution in [0.2, 0.25) is 0 Å². The zero-order valence-corrected chi connectivity index (χ0v) is 11.0. The molecule has 0 fully saturated rings. The van der Waals surface area contributed by atoms with Crippen molar-refractivity contribution in [3.8, 4) is 5.75 Å². The van der Waals surface area contributed by atoms with Gasteiger partial charge in [-0.3, -0.25) is 4.72 Å². The first-order valence-electron chi connectivity index (χ1n) is 4.92. The van der Waals surface area contributed by atoms with E-state index in [1.54, 1.807) is 12.3 Å². The Balaban J connectivity index is 2.33. The zero-order valence-electron chi connectivity index (χ0n) is 9.41. The average Bonchev–Trinajstić information content (AvgIpc) is 2.67. The predicted octanol–water partition coefficient (Wildman–Crippen LogP) is 1.54. The van der Waals surface area contributed by atoms with E-state index in [2.05, 4.69) is 9.71 Å². The largest absolute Gasteiger partial charge is 0.506 e. The summed E-state index contributed by atoms with van der Waals surface area (Å²) in [7, 11) is -3.73. The van der Waals surface area contributed by atoms with Crippen LogP contribution in [0, 0.1) is 6.92 Å². The molecule has 2 rings (SSSR count). The molecule has 0 saturated carbocycles. The van der Waals surface area contributed by atoms with Gasteiger partial charge in [-0.15, -0.1) is 11.3 Å². The summed E-state index contributed by atoms with van der Waals surface area (Å²) >= 11 is 1.20. The molecule has 0 aliphatic carbocycles. The predicted molar refractivity (Wildman–Crippen MR) is 70.2 cm³/mol. The van der Waals surface area contributed by atoms with Crippen molar-refractivity contribution in [1.29, 1.82) is 0 Å². The fourth-order valence-corrected chi connectivity index (χ4v) is 3.25. The van der Waals surface area contributed by atoms with Gasteiger partial charge in [-0.25, -0.2) is 13.4 Å². The summed E-state index contributed by atoms with van der Waals surface area (Å²) in [5.41, 5.74) is 6.21. The fourth-order valence-electron chi connectivity index (χ4n) is 1.27. The van der Waals surface area contributed by atoms with Gasteiger partial charge in [0.05, 0.1) is 16.3 Å². The van der Waals surface area contributed by atoms with E-state index in [0.717, 1.165) is 5.69 Å². The van der Waals surface area contributed by atoms with Crippen LogP contribution in [0.1, 0.15) is 5.69 Å². The summed E-state index contributed by atoms with van der Waals surface area (Å²) in [6, 6.07) is 3.70. The lowest BCUT2D eigenvalue weighted by atomic mass is 10.3. The standard InChI is InChI=1S/C10H11N3O3S2/c1-6-5-17-10(12-6)13-18(15,16)7-2-3-9(14)8(11)4-7/h2-5,14H,11H2,1H3,(H,12,13). The van der Waals surface area contributed by atoms with Crippen LogP contribution in [-0.4, -0.2) is 18.5 Å². The number of aryl methyl sites for hydroxylation is 1. The van der Waals surface area contributed by atoms with E-state index in [-0.39, 0.29) is 16.3 Å². The van der Waals surface area contributed by atoms with Gasteiger partial charge >= 0.3 is 0 Å². The van der Waals surface area contributed by atoms with Gasteiger partial charge in [-0.1, -0.05) is 0 Å². The molecular weight excluding hydrogens is 274 g/mol. The molecule has 0 bridgehead atoms. The van der Waals surface area contributed by atoms with Crippen LogP contribution in [0.15, 0.2) is 28.5 Å². The maximum absolute atomic E-state index is 12.0. The van der Waals surface area contributed by atoms with Crippen LogP contribution in [0.25, 0.3) is 0 Å². The number of nitrogens with zero attached hydrogens (tertiary/aromatic N) is 1. The molecule has 96 valence electrons. The Bertz CT molecular complexity index is 679. The van der Waals surface area contributed by atoms with Crippen molar-refractivity contribution in [2.75, 3.05) is 10.5 Å². The number of hydrogen-bond acceptors (Lipinski definition) is 6. The Hall–Kier alpha value is -1.80. The summed E-state index contributed by atoms with van der Waals surface area (Å²) in [4.78, 5) is 3.99. The monoisotopic (exact) mass is 285 g/mol. The van der Waals surface area contributed by atoms with E-state index in [1.165, 1.54) is 29.5 Å². The molecule has 4 N–H and O–H groups in total. The molecule has 1 heterocycles. The molecule has 0 unspecified atom stereocenters. The Morgan fingerprint density at radius 1 is 1.44 bits per heavy atom. The summed E-state index contributed by atoms with van der Waals surface area (Å²) in [5.74, 6) is -0.154. The topological polar surface area (TPSA) is 105 Å². The third-order valence-electron chi connectivity index (χ3n) is 2.15. The van der Waals surface area contributed by atoms with Crippen LogP contribution in [-0.2, 0) is 10.0 Å². The minimum atomic E-state index is -3.73. The second-order valence-electron chi connectivity index (χ2n) is 3.62. The molecule has 6 nitrogen and oxygen atoms in total. The summed E-state index contributed by atoms with van der Waals surface area (Å²) in [6.07, 6.45) is 0. The Morgan fingerprint density at radius 2 is 2.17 bits per heavy atom. The highest BCUT2D eigenvalue weighted by molar-refractivity contribution is 7.93. The Labute approximate surface area is 108 Å². The number of rotatable bonds is 3. The smallest absolute Gasteiger partial charge is 0.263 e. The van der Waals surface area contributed by atoms with Crippen molar-refractivity contribution in [3.63, 3.8) is 0 Å². The molecule has 18 heavy (non-hydrogen) atoms. The summed E-state index contributed by atoms with van der Waals surface area (Å²) in [6.45, 7) is 1.77. The number of thiazole rings is 1. The second kappa shape index (κ2) is 4.46. The van der Waals surface area contributed by atoms with E-state index in [1.807, 2.05) is 0 Å². The van der Waals surface area contributed by atoms with Crippen molar-refractivity contribution in [2.45, 2.75) is 11.8 Å². The maximum atomic E-state index is 12.0. The Morgan fingerprint density at radius 3 is 2.72 bits per heavy atom.